The molecule has 0 spiro atoms. The van der Waals surface area contributed by atoms with Gasteiger partial charge < -0.3 is 10.5 Å². The number of carbonyl (C=O) groups is 1. The second-order valence-electron chi connectivity index (χ2n) is 3.94. The maximum absolute atomic E-state index is 11.6. The zero-order chi connectivity index (χ0) is 11.5. The Hall–Kier alpha value is -1.06. The number of hydrogen-bond donors (Lipinski definition) is 1. The zero-order valence-electron chi connectivity index (χ0n) is 8.91. The van der Waals surface area contributed by atoms with Gasteiger partial charge in [0.25, 0.3) is 0 Å². The van der Waals surface area contributed by atoms with Crippen molar-refractivity contribution in [3.8, 4) is 5.75 Å². The minimum absolute atomic E-state index is 0.0264. The molecule has 0 atom stereocenters. The standard InChI is InChI=1S/C12H14ClNO2/c13-8-4-5-12(16-9-2-1-3-9)10(6-8)11(15)7-14/h4-6,9H,1-3,7,14H2. The number of Topliss-reactive ketones (excluding diaryl/α,β-unsaturated/α-hetero) is 1. The van der Waals surface area contributed by atoms with Gasteiger partial charge in [0, 0.05) is 5.02 Å². The van der Waals surface area contributed by atoms with E-state index >= 15 is 0 Å². The molecule has 2 rings (SSSR count). The highest BCUT2D eigenvalue weighted by Gasteiger charge is 2.21. The van der Waals surface area contributed by atoms with Crippen LogP contribution in [0, 0.1) is 0 Å². The Balaban J connectivity index is 2.23. The maximum atomic E-state index is 11.6. The van der Waals surface area contributed by atoms with Gasteiger partial charge in [-0.05, 0) is 37.5 Å². The van der Waals surface area contributed by atoms with Crippen LogP contribution in [0.15, 0.2) is 18.2 Å². The minimum atomic E-state index is -0.142. The van der Waals surface area contributed by atoms with Crippen LogP contribution in [0.25, 0.3) is 0 Å². The molecule has 1 aromatic rings. The lowest BCUT2D eigenvalue weighted by Crippen LogP contribution is -2.26. The Kier molecular flexibility index (Phi) is 3.46. The van der Waals surface area contributed by atoms with E-state index in [1.165, 1.54) is 6.42 Å². The highest BCUT2D eigenvalue weighted by atomic mass is 35.5. The molecule has 0 unspecified atom stereocenters. The molecule has 0 aromatic heterocycles. The number of hydrogen-bond acceptors (Lipinski definition) is 3. The quantitative estimate of drug-likeness (QED) is 0.821. The number of ether oxygens (including phenoxy) is 1. The Morgan fingerprint density at radius 2 is 2.25 bits per heavy atom. The summed E-state index contributed by atoms with van der Waals surface area (Å²) < 4.78 is 5.72. The van der Waals surface area contributed by atoms with Gasteiger partial charge in [0.1, 0.15) is 5.75 Å². The van der Waals surface area contributed by atoms with E-state index in [4.69, 9.17) is 22.1 Å². The zero-order valence-corrected chi connectivity index (χ0v) is 9.67. The summed E-state index contributed by atoms with van der Waals surface area (Å²) in [4.78, 5) is 11.6. The van der Waals surface area contributed by atoms with Crippen LogP contribution < -0.4 is 10.5 Å². The van der Waals surface area contributed by atoms with Crippen LogP contribution in [0.3, 0.4) is 0 Å². The van der Waals surface area contributed by atoms with Crippen LogP contribution in [0.1, 0.15) is 29.6 Å². The Morgan fingerprint density at radius 3 is 2.81 bits per heavy atom. The first-order chi connectivity index (χ1) is 7.70. The molecule has 86 valence electrons. The second-order valence-corrected chi connectivity index (χ2v) is 4.37. The summed E-state index contributed by atoms with van der Waals surface area (Å²) in [5.74, 6) is 0.460. The molecule has 1 aromatic carbocycles. The van der Waals surface area contributed by atoms with Gasteiger partial charge in [-0.3, -0.25) is 4.79 Å². The van der Waals surface area contributed by atoms with Crippen molar-refractivity contribution in [3.63, 3.8) is 0 Å². The van der Waals surface area contributed by atoms with Crippen LogP contribution >= 0.6 is 11.6 Å². The highest BCUT2D eigenvalue weighted by molar-refractivity contribution is 6.31. The lowest BCUT2D eigenvalue weighted by molar-refractivity contribution is 0.0972. The van der Waals surface area contributed by atoms with E-state index in [9.17, 15) is 4.79 Å². The predicted octanol–water partition coefficient (Wildman–Crippen LogP) is 2.41. The Bertz CT molecular complexity index is 402. The molecule has 0 saturated heterocycles. The Morgan fingerprint density at radius 1 is 1.50 bits per heavy atom. The lowest BCUT2D eigenvalue weighted by Gasteiger charge is -2.27. The molecule has 16 heavy (non-hydrogen) atoms. The molecule has 1 aliphatic carbocycles. The summed E-state index contributed by atoms with van der Waals surface area (Å²) in [5, 5.41) is 0.526. The SMILES string of the molecule is NCC(=O)c1cc(Cl)ccc1OC1CCC1. The summed E-state index contributed by atoms with van der Waals surface area (Å²) in [7, 11) is 0. The first-order valence-electron chi connectivity index (χ1n) is 5.40. The van der Waals surface area contributed by atoms with Gasteiger partial charge in [-0.15, -0.1) is 0 Å². The average molecular weight is 240 g/mol. The molecule has 0 radical (unpaired) electrons. The number of benzene rings is 1. The van der Waals surface area contributed by atoms with Gasteiger partial charge in [-0.25, -0.2) is 0 Å². The van der Waals surface area contributed by atoms with Gasteiger partial charge in [-0.1, -0.05) is 11.6 Å². The van der Waals surface area contributed by atoms with Crippen molar-refractivity contribution < 1.29 is 9.53 Å². The largest absolute Gasteiger partial charge is 0.490 e. The lowest BCUT2D eigenvalue weighted by atomic mass is 9.96. The van der Waals surface area contributed by atoms with E-state index in [1.54, 1.807) is 18.2 Å². The average Bonchev–Trinajstić information content (AvgIpc) is 2.23. The summed E-state index contributed by atoms with van der Waals surface area (Å²) >= 11 is 5.85. The van der Waals surface area contributed by atoms with Crippen LogP contribution in [0.2, 0.25) is 5.02 Å². The normalized spacial score (nSPS) is 15.6. The fourth-order valence-corrected chi connectivity index (χ4v) is 1.77. The first-order valence-corrected chi connectivity index (χ1v) is 5.78. The van der Waals surface area contributed by atoms with Crippen molar-refractivity contribution in [1.29, 1.82) is 0 Å². The van der Waals surface area contributed by atoms with Crippen molar-refractivity contribution in [2.45, 2.75) is 25.4 Å². The summed E-state index contributed by atoms with van der Waals surface area (Å²) in [5.41, 5.74) is 5.84. The van der Waals surface area contributed by atoms with E-state index in [0.717, 1.165) is 12.8 Å². The van der Waals surface area contributed by atoms with E-state index in [2.05, 4.69) is 0 Å². The van der Waals surface area contributed by atoms with Gasteiger partial charge in [0.05, 0.1) is 18.2 Å². The third-order valence-electron chi connectivity index (χ3n) is 2.77. The predicted molar refractivity (Wildman–Crippen MR) is 63.1 cm³/mol. The molecule has 0 amide bonds. The van der Waals surface area contributed by atoms with Gasteiger partial charge in [-0.2, -0.15) is 0 Å². The first kappa shape index (κ1) is 11.4. The minimum Gasteiger partial charge on any atom is -0.490 e. The second kappa shape index (κ2) is 4.85. The van der Waals surface area contributed by atoms with Crippen molar-refractivity contribution in [3.05, 3.63) is 28.8 Å². The topological polar surface area (TPSA) is 52.3 Å². The van der Waals surface area contributed by atoms with Crippen molar-refractivity contribution in [2.24, 2.45) is 5.73 Å². The molecule has 0 aliphatic heterocycles. The van der Waals surface area contributed by atoms with Crippen molar-refractivity contribution >= 4 is 17.4 Å². The van der Waals surface area contributed by atoms with Gasteiger partial charge in [0.15, 0.2) is 5.78 Å². The van der Waals surface area contributed by atoms with Crippen molar-refractivity contribution in [2.75, 3.05) is 6.54 Å². The fourth-order valence-electron chi connectivity index (χ4n) is 1.60. The van der Waals surface area contributed by atoms with Crippen LogP contribution in [0.5, 0.6) is 5.75 Å². The molecule has 1 fully saturated rings. The van der Waals surface area contributed by atoms with Gasteiger partial charge >= 0.3 is 0 Å². The van der Waals surface area contributed by atoms with E-state index in [1.807, 2.05) is 0 Å². The van der Waals surface area contributed by atoms with Gasteiger partial charge in [0.2, 0.25) is 0 Å². The molecule has 1 aliphatic rings. The molecular weight excluding hydrogens is 226 g/mol. The third-order valence-corrected chi connectivity index (χ3v) is 3.01. The summed E-state index contributed by atoms with van der Waals surface area (Å²) in [6.07, 6.45) is 3.54. The number of rotatable bonds is 4. The third kappa shape index (κ3) is 2.36. The molecule has 1 saturated carbocycles. The number of nitrogens with two attached hydrogens (primary N) is 1. The smallest absolute Gasteiger partial charge is 0.180 e. The highest BCUT2D eigenvalue weighted by Crippen LogP contribution is 2.29. The molecule has 0 heterocycles. The number of carbonyl (C=O) groups excluding carboxylic acids is 1. The van der Waals surface area contributed by atoms with Crippen LogP contribution in [0.4, 0.5) is 0 Å². The number of ketones is 1. The fraction of sp³-hybridized carbons (Fsp3) is 0.417. The molecule has 2 N–H and O–H groups in total. The van der Waals surface area contributed by atoms with E-state index < -0.39 is 0 Å². The molecule has 0 bridgehead atoms. The maximum Gasteiger partial charge on any atom is 0.180 e. The monoisotopic (exact) mass is 239 g/mol. The van der Waals surface area contributed by atoms with E-state index in [0.29, 0.717) is 16.3 Å². The summed E-state index contributed by atoms with van der Waals surface area (Å²) in [6.45, 7) is -0.0264. The van der Waals surface area contributed by atoms with Crippen LogP contribution in [-0.4, -0.2) is 18.4 Å². The Labute approximate surface area is 99.5 Å². The molecule has 4 heteroatoms. The molecule has 3 nitrogen and oxygen atoms in total. The summed E-state index contributed by atoms with van der Waals surface area (Å²) in [6, 6.07) is 5.08. The van der Waals surface area contributed by atoms with E-state index in [-0.39, 0.29) is 18.4 Å². The number of halogens is 1. The van der Waals surface area contributed by atoms with Crippen molar-refractivity contribution in [1.82, 2.24) is 0 Å². The molecular formula is C12H14ClNO2. The van der Waals surface area contributed by atoms with Crippen LogP contribution in [-0.2, 0) is 0 Å².